The third kappa shape index (κ3) is 4.53. The third-order valence-corrected chi connectivity index (χ3v) is 5.11. The summed E-state index contributed by atoms with van der Waals surface area (Å²) in [6.45, 7) is 6.00. The van der Waals surface area contributed by atoms with E-state index in [0.717, 1.165) is 51.4 Å². The number of ether oxygens (including phenoxy) is 1. The predicted molar refractivity (Wildman–Crippen MR) is 90.5 cm³/mol. The lowest BCUT2D eigenvalue weighted by Crippen LogP contribution is -2.41. The van der Waals surface area contributed by atoms with E-state index in [2.05, 4.69) is 9.88 Å². The van der Waals surface area contributed by atoms with E-state index in [9.17, 15) is 9.90 Å². The Bertz CT molecular complexity index is 520. The molecular weight excluding hydrogens is 306 g/mol. The molecule has 2 fully saturated rings. The van der Waals surface area contributed by atoms with E-state index in [-0.39, 0.29) is 18.4 Å². The van der Waals surface area contributed by atoms with Crippen molar-refractivity contribution >= 4 is 5.91 Å². The van der Waals surface area contributed by atoms with Crippen LogP contribution < -0.4 is 0 Å². The highest BCUT2D eigenvalue weighted by atomic mass is 16.5. The zero-order valence-corrected chi connectivity index (χ0v) is 14.1. The molecule has 0 saturated carbocycles. The average molecular weight is 333 g/mol. The van der Waals surface area contributed by atoms with Crippen molar-refractivity contribution < 1.29 is 14.6 Å². The highest BCUT2D eigenvalue weighted by molar-refractivity contribution is 5.76. The first-order valence-electron chi connectivity index (χ1n) is 8.84. The molecule has 2 aliphatic heterocycles. The molecule has 0 aliphatic carbocycles. The lowest BCUT2D eigenvalue weighted by molar-refractivity contribution is -0.130. The van der Waals surface area contributed by atoms with Crippen molar-refractivity contribution in [1.82, 2.24) is 14.8 Å². The van der Waals surface area contributed by atoms with E-state index in [1.807, 2.05) is 23.2 Å². The molecule has 2 atom stereocenters. The van der Waals surface area contributed by atoms with Crippen molar-refractivity contribution in [2.75, 3.05) is 52.5 Å². The number of rotatable bonds is 6. The predicted octanol–water partition coefficient (Wildman–Crippen LogP) is 0.413. The number of amides is 1. The van der Waals surface area contributed by atoms with Crippen LogP contribution >= 0.6 is 0 Å². The van der Waals surface area contributed by atoms with Crippen LogP contribution in [0.25, 0.3) is 0 Å². The van der Waals surface area contributed by atoms with Crippen molar-refractivity contribution in [3.8, 4) is 0 Å². The maximum absolute atomic E-state index is 12.5. The minimum atomic E-state index is 0.154. The molecule has 1 aromatic rings. The van der Waals surface area contributed by atoms with Gasteiger partial charge in [0.15, 0.2) is 0 Å². The fourth-order valence-electron chi connectivity index (χ4n) is 3.63. The van der Waals surface area contributed by atoms with Crippen LogP contribution in [0.2, 0.25) is 0 Å². The van der Waals surface area contributed by atoms with E-state index in [1.165, 1.54) is 0 Å². The summed E-state index contributed by atoms with van der Waals surface area (Å²) >= 11 is 0. The number of aromatic nitrogens is 1. The molecule has 2 saturated heterocycles. The summed E-state index contributed by atoms with van der Waals surface area (Å²) in [6.07, 6.45) is 4.79. The molecule has 3 rings (SSSR count). The van der Waals surface area contributed by atoms with E-state index < -0.39 is 0 Å². The van der Waals surface area contributed by atoms with Crippen molar-refractivity contribution in [2.24, 2.45) is 11.8 Å². The Morgan fingerprint density at radius 3 is 2.79 bits per heavy atom. The van der Waals surface area contributed by atoms with Crippen LogP contribution in [0.4, 0.5) is 0 Å². The van der Waals surface area contributed by atoms with Crippen LogP contribution in [0, 0.1) is 11.8 Å². The molecule has 1 amide bonds. The fourth-order valence-corrected chi connectivity index (χ4v) is 3.63. The Labute approximate surface area is 143 Å². The van der Waals surface area contributed by atoms with Crippen molar-refractivity contribution in [3.05, 3.63) is 30.1 Å². The zero-order valence-electron chi connectivity index (χ0n) is 14.1. The number of nitrogens with zero attached hydrogens (tertiary/aromatic N) is 3. The van der Waals surface area contributed by atoms with Crippen LogP contribution in [-0.2, 0) is 16.0 Å². The van der Waals surface area contributed by atoms with Gasteiger partial charge in [0.25, 0.3) is 0 Å². The van der Waals surface area contributed by atoms with Gasteiger partial charge in [-0.2, -0.15) is 0 Å². The van der Waals surface area contributed by atoms with Crippen LogP contribution in [0.3, 0.4) is 0 Å². The highest BCUT2D eigenvalue weighted by Gasteiger charge is 2.35. The molecule has 0 aromatic carbocycles. The largest absolute Gasteiger partial charge is 0.396 e. The van der Waals surface area contributed by atoms with E-state index >= 15 is 0 Å². The number of morpholine rings is 1. The smallest absolute Gasteiger partial charge is 0.222 e. The molecule has 1 N–H and O–H groups in total. The summed E-state index contributed by atoms with van der Waals surface area (Å²) in [5.74, 6) is 0.729. The number of likely N-dealkylation sites (tertiary alicyclic amines) is 1. The number of hydrogen-bond acceptors (Lipinski definition) is 5. The quantitative estimate of drug-likeness (QED) is 0.817. The molecule has 24 heavy (non-hydrogen) atoms. The maximum atomic E-state index is 12.5. The van der Waals surface area contributed by atoms with Crippen molar-refractivity contribution in [3.63, 3.8) is 0 Å². The first-order valence-corrected chi connectivity index (χ1v) is 8.84. The fraction of sp³-hybridized carbons (Fsp3) is 0.667. The van der Waals surface area contributed by atoms with Gasteiger partial charge >= 0.3 is 0 Å². The number of aliphatic hydroxyl groups is 1. The van der Waals surface area contributed by atoms with E-state index in [1.54, 1.807) is 6.20 Å². The van der Waals surface area contributed by atoms with Crippen LogP contribution in [0.15, 0.2) is 24.5 Å². The minimum Gasteiger partial charge on any atom is -0.396 e. The Balaban J connectivity index is 1.50. The van der Waals surface area contributed by atoms with Gasteiger partial charge in [-0.15, -0.1) is 0 Å². The standard InChI is InChI=1S/C18H27N3O3/c22-14-17-13-21(12-16(17)11-20-6-8-24-9-7-20)18(23)4-3-15-2-1-5-19-10-15/h1-2,5,10,16-17,22H,3-4,6-9,11-14H2/t16-,17-/m0/s1. The van der Waals surface area contributed by atoms with Gasteiger partial charge in [-0.25, -0.2) is 0 Å². The maximum Gasteiger partial charge on any atom is 0.222 e. The average Bonchev–Trinajstić information content (AvgIpc) is 3.04. The SMILES string of the molecule is O=C(CCc1cccnc1)N1C[C@@H](CO)[C@@H](CN2CCOCC2)C1. The Kier molecular flexibility index (Phi) is 6.18. The second-order valence-electron chi connectivity index (χ2n) is 6.78. The summed E-state index contributed by atoms with van der Waals surface area (Å²) in [5.41, 5.74) is 1.09. The van der Waals surface area contributed by atoms with E-state index in [4.69, 9.17) is 4.74 Å². The van der Waals surface area contributed by atoms with Gasteiger partial charge in [0.2, 0.25) is 5.91 Å². The lowest BCUT2D eigenvalue weighted by atomic mass is 9.96. The molecule has 132 valence electrons. The van der Waals surface area contributed by atoms with Crippen LogP contribution in [-0.4, -0.2) is 78.3 Å². The van der Waals surface area contributed by atoms with Crippen LogP contribution in [0.1, 0.15) is 12.0 Å². The molecule has 0 unspecified atom stereocenters. The number of carbonyl (C=O) groups excluding carboxylic acids is 1. The lowest BCUT2D eigenvalue weighted by Gasteiger charge is -2.30. The molecule has 0 bridgehead atoms. The molecule has 2 aliphatic rings. The Morgan fingerprint density at radius 1 is 1.29 bits per heavy atom. The summed E-state index contributed by atoms with van der Waals surface area (Å²) < 4.78 is 5.39. The highest BCUT2D eigenvalue weighted by Crippen LogP contribution is 2.25. The first-order chi connectivity index (χ1) is 11.8. The molecule has 0 spiro atoms. The van der Waals surface area contributed by atoms with Gasteiger partial charge in [0.05, 0.1) is 13.2 Å². The summed E-state index contributed by atoms with van der Waals surface area (Å²) in [5, 5.41) is 9.68. The second-order valence-corrected chi connectivity index (χ2v) is 6.78. The number of aliphatic hydroxyl groups excluding tert-OH is 1. The van der Waals surface area contributed by atoms with Gasteiger partial charge in [-0.3, -0.25) is 14.7 Å². The Morgan fingerprint density at radius 2 is 2.08 bits per heavy atom. The number of carbonyl (C=O) groups is 1. The minimum absolute atomic E-state index is 0.154. The van der Waals surface area contributed by atoms with Gasteiger partial charge < -0.3 is 14.7 Å². The molecular formula is C18H27N3O3. The Hall–Kier alpha value is -1.50. The van der Waals surface area contributed by atoms with Gasteiger partial charge in [0.1, 0.15) is 0 Å². The van der Waals surface area contributed by atoms with Gasteiger partial charge in [-0.05, 0) is 24.0 Å². The summed E-state index contributed by atoms with van der Waals surface area (Å²) in [7, 11) is 0. The third-order valence-electron chi connectivity index (χ3n) is 5.11. The van der Waals surface area contributed by atoms with Gasteiger partial charge in [0, 0.05) is 64.1 Å². The molecule has 6 nitrogen and oxygen atoms in total. The molecule has 6 heteroatoms. The number of aryl methyl sites for hydroxylation is 1. The normalized spacial score (nSPS) is 25.1. The monoisotopic (exact) mass is 333 g/mol. The zero-order chi connectivity index (χ0) is 16.8. The molecule has 3 heterocycles. The molecule has 1 aromatic heterocycles. The second kappa shape index (κ2) is 8.55. The van der Waals surface area contributed by atoms with Crippen molar-refractivity contribution in [1.29, 1.82) is 0 Å². The topological polar surface area (TPSA) is 65.9 Å². The van der Waals surface area contributed by atoms with Gasteiger partial charge in [-0.1, -0.05) is 6.07 Å². The number of pyridine rings is 1. The summed E-state index contributed by atoms with van der Waals surface area (Å²) in [6, 6.07) is 3.90. The number of hydrogen-bond donors (Lipinski definition) is 1. The van der Waals surface area contributed by atoms with E-state index in [0.29, 0.717) is 18.9 Å². The van der Waals surface area contributed by atoms with Crippen LogP contribution in [0.5, 0.6) is 0 Å². The first kappa shape index (κ1) is 17.3. The van der Waals surface area contributed by atoms with Crippen molar-refractivity contribution in [2.45, 2.75) is 12.8 Å². The molecule has 0 radical (unpaired) electrons. The summed E-state index contributed by atoms with van der Waals surface area (Å²) in [4.78, 5) is 20.9.